The molecule has 33 heavy (non-hydrogen) atoms. The highest BCUT2D eigenvalue weighted by Crippen LogP contribution is 2.55. The first-order valence-corrected chi connectivity index (χ1v) is 13.9. The van der Waals surface area contributed by atoms with E-state index < -0.39 is 54.0 Å². The van der Waals surface area contributed by atoms with Crippen LogP contribution in [0.15, 0.2) is 41.3 Å². The normalized spacial score (nSPS) is 25.1. The van der Waals surface area contributed by atoms with E-state index in [2.05, 4.69) is 4.72 Å². The van der Waals surface area contributed by atoms with E-state index in [1.54, 1.807) is 0 Å². The monoisotopic (exact) mass is 521 g/mol. The van der Waals surface area contributed by atoms with E-state index in [1.807, 2.05) is 0 Å². The molecule has 0 aromatic heterocycles. The van der Waals surface area contributed by atoms with Gasteiger partial charge in [0.05, 0.1) is 29.4 Å². The molecule has 0 spiro atoms. The van der Waals surface area contributed by atoms with E-state index in [4.69, 9.17) is 21.1 Å². The van der Waals surface area contributed by atoms with Crippen molar-refractivity contribution >= 4 is 31.5 Å². The summed E-state index contributed by atoms with van der Waals surface area (Å²) in [5.41, 5.74) is -0.363. The lowest BCUT2D eigenvalue weighted by atomic mass is 9.75. The van der Waals surface area contributed by atoms with Crippen molar-refractivity contribution in [3.05, 3.63) is 58.6 Å². The van der Waals surface area contributed by atoms with Crippen molar-refractivity contribution in [3.8, 4) is 5.75 Å². The van der Waals surface area contributed by atoms with Gasteiger partial charge in [-0.15, -0.1) is 0 Å². The second kappa shape index (κ2) is 8.77. The van der Waals surface area contributed by atoms with Crippen molar-refractivity contribution in [3.63, 3.8) is 0 Å². The second-order valence-corrected chi connectivity index (χ2v) is 12.6. The van der Waals surface area contributed by atoms with Gasteiger partial charge in [0.1, 0.15) is 10.6 Å². The number of benzene rings is 2. The highest BCUT2D eigenvalue weighted by Gasteiger charge is 2.61. The van der Waals surface area contributed by atoms with E-state index >= 15 is 4.39 Å². The van der Waals surface area contributed by atoms with Crippen molar-refractivity contribution in [1.29, 1.82) is 0 Å². The van der Waals surface area contributed by atoms with Crippen molar-refractivity contribution < 1.29 is 35.1 Å². The van der Waals surface area contributed by atoms with Gasteiger partial charge in [-0.2, -0.15) is 0 Å². The maximum Gasteiger partial charge on any atom is 0.208 e. The van der Waals surface area contributed by atoms with Gasteiger partial charge in [0.15, 0.2) is 21.4 Å². The van der Waals surface area contributed by atoms with E-state index in [0.29, 0.717) is 5.02 Å². The first-order chi connectivity index (χ1) is 15.5. The minimum Gasteiger partial charge on any atom is -0.490 e. The lowest BCUT2D eigenvalue weighted by Gasteiger charge is -2.50. The molecule has 2 heterocycles. The number of hydrogen-bond acceptors (Lipinski definition) is 6. The number of fused-ring (bicyclic) bond motifs is 3. The first-order valence-electron chi connectivity index (χ1n) is 10.1. The Kier molecular flexibility index (Phi) is 6.47. The lowest BCUT2D eigenvalue weighted by Crippen LogP contribution is -2.58. The first kappa shape index (κ1) is 24.3. The summed E-state index contributed by atoms with van der Waals surface area (Å²) in [7, 11) is -7.79. The van der Waals surface area contributed by atoms with E-state index in [0.717, 1.165) is 18.4 Å². The molecule has 2 aliphatic rings. The molecule has 3 atom stereocenters. The average molecular weight is 522 g/mol. The highest BCUT2D eigenvalue weighted by atomic mass is 35.5. The highest BCUT2D eigenvalue weighted by molar-refractivity contribution is 7.92. The summed E-state index contributed by atoms with van der Waals surface area (Å²) in [6, 6.07) is 7.25. The zero-order chi connectivity index (χ0) is 24.0. The largest absolute Gasteiger partial charge is 0.490 e. The van der Waals surface area contributed by atoms with Crippen LogP contribution in [0.2, 0.25) is 5.02 Å². The Morgan fingerprint density at radius 2 is 1.76 bits per heavy atom. The number of sulfonamides is 1. The van der Waals surface area contributed by atoms with E-state index in [9.17, 15) is 21.2 Å². The topological polar surface area (TPSA) is 98.8 Å². The maximum atomic E-state index is 15.2. The van der Waals surface area contributed by atoms with Gasteiger partial charge in [-0.1, -0.05) is 11.6 Å². The lowest BCUT2D eigenvalue weighted by molar-refractivity contribution is -0.0749. The molecule has 1 saturated heterocycles. The summed E-state index contributed by atoms with van der Waals surface area (Å²) in [6.45, 7) is -0.318. The summed E-state index contributed by atoms with van der Waals surface area (Å²) in [5, 5.41) is 0.323. The number of ether oxygens (including phenoxy) is 2. The fraction of sp³-hybridized carbons (Fsp3) is 0.429. The van der Waals surface area contributed by atoms with E-state index in [1.165, 1.54) is 24.3 Å². The minimum atomic E-state index is -4.30. The zero-order valence-corrected chi connectivity index (χ0v) is 19.9. The van der Waals surface area contributed by atoms with Crippen molar-refractivity contribution in [2.24, 2.45) is 5.92 Å². The van der Waals surface area contributed by atoms with Crippen LogP contribution >= 0.6 is 11.6 Å². The summed E-state index contributed by atoms with van der Waals surface area (Å²) < 4.78 is 92.8. The average Bonchev–Trinajstić information content (AvgIpc) is 2.75. The van der Waals surface area contributed by atoms with Gasteiger partial charge in [-0.25, -0.2) is 30.3 Å². The van der Waals surface area contributed by atoms with Crippen LogP contribution in [-0.2, 0) is 29.3 Å². The summed E-state index contributed by atoms with van der Waals surface area (Å²) in [6.07, 6.45) is 0.203. The summed E-state index contributed by atoms with van der Waals surface area (Å²) in [5.74, 6) is -3.11. The summed E-state index contributed by atoms with van der Waals surface area (Å²) >= 11 is 5.93. The molecule has 1 fully saturated rings. The van der Waals surface area contributed by atoms with Crippen molar-refractivity contribution in [1.82, 2.24) is 4.72 Å². The molecular formula is C21H22ClF2NO6S2. The molecule has 2 aromatic rings. The predicted octanol–water partition coefficient (Wildman–Crippen LogP) is 3.02. The molecule has 2 aromatic carbocycles. The van der Waals surface area contributed by atoms with Gasteiger partial charge >= 0.3 is 0 Å². The predicted molar refractivity (Wildman–Crippen MR) is 117 cm³/mol. The SMILES string of the molecule is CS(=O)(=O)NCC[C@@H]1OCC[C@@]2(S(=O)(=O)c3ccc(Cl)cc3)c3c(F)ccc(F)c3OCC12. The molecule has 0 saturated carbocycles. The third kappa shape index (κ3) is 4.25. The van der Waals surface area contributed by atoms with Crippen molar-refractivity contribution in [2.45, 2.75) is 28.6 Å². The Bertz CT molecular complexity index is 1270. The minimum absolute atomic E-state index is 0.0183. The van der Waals surface area contributed by atoms with Crippen molar-refractivity contribution in [2.75, 3.05) is 26.0 Å². The van der Waals surface area contributed by atoms with Crippen LogP contribution in [0.1, 0.15) is 18.4 Å². The van der Waals surface area contributed by atoms with Crippen LogP contribution < -0.4 is 9.46 Å². The Balaban J connectivity index is 1.88. The number of hydrogen-bond donors (Lipinski definition) is 1. The molecule has 4 rings (SSSR count). The Labute approximate surface area is 196 Å². The molecule has 0 amide bonds. The molecular weight excluding hydrogens is 500 g/mol. The number of sulfone groups is 1. The maximum absolute atomic E-state index is 15.2. The van der Waals surface area contributed by atoms with Crippen LogP contribution in [0, 0.1) is 17.6 Å². The van der Waals surface area contributed by atoms with Gasteiger partial charge in [-0.05, 0) is 49.2 Å². The molecule has 0 aliphatic carbocycles. The van der Waals surface area contributed by atoms with Crippen LogP contribution in [-0.4, -0.2) is 49.0 Å². The quantitative estimate of drug-likeness (QED) is 0.627. The molecule has 0 bridgehead atoms. The van der Waals surface area contributed by atoms with Gasteiger partial charge in [0, 0.05) is 24.1 Å². The van der Waals surface area contributed by atoms with Crippen LogP contribution in [0.5, 0.6) is 5.75 Å². The Hall–Kier alpha value is -1.79. The van der Waals surface area contributed by atoms with E-state index in [-0.39, 0.29) is 43.1 Å². The van der Waals surface area contributed by atoms with Crippen LogP contribution in [0.4, 0.5) is 8.78 Å². The Morgan fingerprint density at radius 3 is 2.42 bits per heavy atom. The van der Waals surface area contributed by atoms with Gasteiger partial charge in [0.25, 0.3) is 0 Å². The van der Waals surface area contributed by atoms with Crippen LogP contribution in [0.25, 0.3) is 0 Å². The molecule has 180 valence electrons. The number of nitrogens with one attached hydrogen (secondary N) is 1. The zero-order valence-electron chi connectivity index (χ0n) is 17.6. The smallest absolute Gasteiger partial charge is 0.208 e. The fourth-order valence-corrected chi connectivity index (χ4v) is 7.68. The molecule has 7 nitrogen and oxygen atoms in total. The number of halogens is 3. The second-order valence-electron chi connectivity index (χ2n) is 8.11. The molecule has 0 radical (unpaired) electrons. The molecule has 12 heteroatoms. The molecule has 2 aliphatic heterocycles. The van der Waals surface area contributed by atoms with Gasteiger partial charge < -0.3 is 9.47 Å². The summed E-state index contributed by atoms with van der Waals surface area (Å²) in [4.78, 5) is -0.0941. The number of rotatable bonds is 6. The Morgan fingerprint density at radius 1 is 1.09 bits per heavy atom. The van der Waals surface area contributed by atoms with Gasteiger partial charge in [-0.3, -0.25) is 0 Å². The molecule has 1 N–H and O–H groups in total. The van der Waals surface area contributed by atoms with Gasteiger partial charge in [0.2, 0.25) is 10.0 Å². The molecule has 1 unspecified atom stereocenters. The third-order valence-corrected chi connectivity index (χ3v) is 9.68. The third-order valence-electron chi connectivity index (χ3n) is 6.14. The standard InChI is InChI=1S/C21H22ClF2NO6S2/c1-32(26,27)25-10-8-18-15-12-31-20-17(24)7-6-16(23)19(20)21(15,9-11-30-18)33(28,29)14-4-2-13(22)3-5-14/h2-7,15,18,25H,8-12H2,1H3/t15?,18-,21-/m0/s1. The van der Waals surface area contributed by atoms with Crippen LogP contribution in [0.3, 0.4) is 0 Å². The fourth-order valence-electron chi connectivity index (χ4n) is 4.72.